The molecule has 0 fully saturated rings. The average Bonchev–Trinajstić information content (AvgIpc) is 3.26. The molecule has 0 atom stereocenters. The van der Waals surface area contributed by atoms with Crippen molar-refractivity contribution in [3.8, 4) is 11.1 Å². The number of hydrogen-bond donors (Lipinski definition) is 1. The summed E-state index contributed by atoms with van der Waals surface area (Å²) in [6.07, 6.45) is 4.85. The number of nitrogens with zero attached hydrogens (tertiary/aromatic N) is 2. The molecule has 4 rings (SSSR count). The Hall–Kier alpha value is -2.28. The van der Waals surface area contributed by atoms with E-state index in [0.717, 1.165) is 5.56 Å². The van der Waals surface area contributed by atoms with Gasteiger partial charge in [-0.05, 0) is 18.2 Å². The molecule has 5 nitrogen and oxygen atoms in total. The minimum Gasteiger partial charge on any atom is -0.285 e. The summed E-state index contributed by atoms with van der Waals surface area (Å²) in [5, 5.41) is 7.82. The van der Waals surface area contributed by atoms with Crippen molar-refractivity contribution in [1.82, 2.24) is 14.2 Å². The van der Waals surface area contributed by atoms with E-state index in [9.17, 15) is 8.42 Å². The predicted octanol–water partition coefficient (Wildman–Crippen LogP) is 4.58. The summed E-state index contributed by atoms with van der Waals surface area (Å²) in [6.45, 7) is 0. The molecule has 0 spiro atoms. The number of halogens is 2. The number of rotatable bonds is 3. The zero-order valence-electron chi connectivity index (χ0n) is 12.6. The van der Waals surface area contributed by atoms with E-state index in [2.05, 4.69) is 10.2 Å². The monoisotopic (exact) mass is 391 g/mol. The molecule has 0 saturated heterocycles. The fourth-order valence-corrected chi connectivity index (χ4v) is 4.61. The number of fused-ring (bicyclic) bond motifs is 1. The molecule has 0 amide bonds. The highest BCUT2D eigenvalue weighted by atomic mass is 35.5. The Kier molecular flexibility index (Phi) is 3.83. The molecule has 0 radical (unpaired) electrons. The molecule has 1 N–H and O–H groups in total. The molecule has 8 heteroatoms. The second kappa shape index (κ2) is 5.91. The van der Waals surface area contributed by atoms with Gasteiger partial charge >= 0.3 is 0 Å². The number of aromatic nitrogens is 3. The van der Waals surface area contributed by atoms with Crippen LogP contribution in [-0.2, 0) is 10.0 Å². The van der Waals surface area contributed by atoms with Gasteiger partial charge < -0.3 is 0 Å². The lowest BCUT2D eigenvalue weighted by Gasteiger charge is -2.09. The number of H-pyrrole nitrogens is 1. The van der Waals surface area contributed by atoms with E-state index in [0.29, 0.717) is 16.5 Å². The summed E-state index contributed by atoms with van der Waals surface area (Å²) in [4.78, 5) is 0.168. The smallest absolute Gasteiger partial charge is 0.268 e. The fraction of sp³-hybridized carbons (Fsp3) is 0. The van der Waals surface area contributed by atoms with Crippen LogP contribution in [-0.4, -0.2) is 22.6 Å². The lowest BCUT2D eigenvalue weighted by atomic mass is 10.1. The third-order valence-electron chi connectivity index (χ3n) is 3.94. The normalized spacial score (nSPS) is 11.9. The number of benzene rings is 2. The third kappa shape index (κ3) is 2.54. The molecule has 25 heavy (non-hydrogen) atoms. The summed E-state index contributed by atoms with van der Waals surface area (Å²) in [5.74, 6) is 0. The second-order valence-electron chi connectivity index (χ2n) is 5.40. The Morgan fingerprint density at radius 3 is 2.48 bits per heavy atom. The maximum Gasteiger partial charge on any atom is 0.268 e. The highest BCUT2D eigenvalue weighted by molar-refractivity contribution is 7.90. The fourth-order valence-electron chi connectivity index (χ4n) is 2.75. The molecule has 0 aliphatic carbocycles. The third-order valence-corrected chi connectivity index (χ3v) is 6.40. The summed E-state index contributed by atoms with van der Waals surface area (Å²) < 4.78 is 27.4. The molecule has 2 heterocycles. The molecule has 0 unspecified atom stereocenters. The molecule has 0 bridgehead atoms. The van der Waals surface area contributed by atoms with Gasteiger partial charge in [-0.15, -0.1) is 0 Å². The van der Waals surface area contributed by atoms with Gasteiger partial charge in [-0.3, -0.25) is 5.10 Å². The topological polar surface area (TPSA) is 67.8 Å². The molecule has 2 aromatic heterocycles. The van der Waals surface area contributed by atoms with Crippen LogP contribution in [0.15, 0.2) is 66.0 Å². The van der Waals surface area contributed by atoms with Crippen molar-refractivity contribution in [2.24, 2.45) is 0 Å². The SMILES string of the molecule is O=S(=O)(c1ccccc1)n1cc(-c2cn[nH]c2)c2ccc(Cl)c(Cl)c21. The highest BCUT2D eigenvalue weighted by Crippen LogP contribution is 2.39. The zero-order valence-corrected chi connectivity index (χ0v) is 15.0. The van der Waals surface area contributed by atoms with Crippen molar-refractivity contribution in [1.29, 1.82) is 0 Å². The second-order valence-corrected chi connectivity index (χ2v) is 8.00. The largest absolute Gasteiger partial charge is 0.285 e. The number of hydrogen-bond acceptors (Lipinski definition) is 3. The lowest BCUT2D eigenvalue weighted by Crippen LogP contribution is -2.11. The molecule has 4 aromatic rings. The first kappa shape index (κ1) is 16.2. The van der Waals surface area contributed by atoms with Crippen molar-refractivity contribution in [2.45, 2.75) is 4.90 Å². The van der Waals surface area contributed by atoms with Crippen molar-refractivity contribution < 1.29 is 8.42 Å². The highest BCUT2D eigenvalue weighted by Gasteiger charge is 2.24. The Labute approximate surface area is 153 Å². The minimum absolute atomic E-state index is 0.168. The van der Waals surface area contributed by atoms with Crippen LogP contribution in [0.5, 0.6) is 0 Å². The van der Waals surface area contributed by atoms with E-state index < -0.39 is 10.0 Å². The first-order valence-electron chi connectivity index (χ1n) is 7.29. The standard InChI is InChI=1S/C17H11Cl2N3O2S/c18-15-7-6-13-14(11-8-20-21-9-11)10-22(17(13)16(15)19)25(23,24)12-4-2-1-3-5-12/h1-10H,(H,20,21). The van der Waals surface area contributed by atoms with Gasteiger partial charge in [-0.1, -0.05) is 47.5 Å². The van der Waals surface area contributed by atoms with Gasteiger partial charge in [0.05, 0.1) is 26.7 Å². The Bertz CT molecular complexity index is 1170. The first-order valence-corrected chi connectivity index (χ1v) is 9.48. The van der Waals surface area contributed by atoms with E-state index in [4.69, 9.17) is 23.2 Å². The van der Waals surface area contributed by atoms with Crippen molar-refractivity contribution >= 4 is 44.1 Å². The molecular formula is C17H11Cl2N3O2S. The van der Waals surface area contributed by atoms with E-state index in [1.165, 1.54) is 16.1 Å². The van der Waals surface area contributed by atoms with E-state index in [1.807, 2.05) is 0 Å². The van der Waals surface area contributed by atoms with Crippen LogP contribution in [0.3, 0.4) is 0 Å². The maximum absolute atomic E-state index is 13.1. The average molecular weight is 392 g/mol. The minimum atomic E-state index is -3.83. The predicted molar refractivity (Wildman–Crippen MR) is 98.6 cm³/mol. The van der Waals surface area contributed by atoms with Gasteiger partial charge in [-0.25, -0.2) is 12.4 Å². The summed E-state index contributed by atoms with van der Waals surface area (Å²) in [5.41, 5.74) is 1.79. The van der Waals surface area contributed by atoms with Crippen LogP contribution in [0.4, 0.5) is 0 Å². The van der Waals surface area contributed by atoms with E-state index >= 15 is 0 Å². The molecule has 0 saturated carbocycles. The molecule has 126 valence electrons. The number of nitrogens with one attached hydrogen (secondary N) is 1. The van der Waals surface area contributed by atoms with Gasteiger partial charge in [0.1, 0.15) is 0 Å². The maximum atomic E-state index is 13.1. The Balaban J connectivity index is 2.10. The van der Waals surface area contributed by atoms with Crippen LogP contribution < -0.4 is 0 Å². The van der Waals surface area contributed by atoms with Crippen molar-refractivity contribution in [3.63, 3.8) is 0 Å². The Morgan fingerprint density at radius 2 is 1.80 bits per heavy atom. The van der Waals surface area contributed by atoms with Crippen LogP contribution in [0.25, 0.3) is 22.0 Å². The van der Waals surface area contributed by atoms with E-state index in [-0.39, 0.29) is 14.9 Å². The summed E-state index contributed by atoms with van der Waals surface area (Å²) >= 11 is 12.5. The van der Waals surface area contributed by atoms with Gasteiger partial charge in [0.2, 0.25) is 0 Å². The van der Waals surface area contributed by atoms with Gasteiger partial charge in [0, 0.05) is 28.9 Å². The van der Waals surface area contributed by atoms with Crippen LogP contribution in [0.1, 0.15) is 0 Å². The molecular weight excluding hydrogens is 381 g/mol. The van der Waals surface area contributed by atoms with Gasteiger partial charge in [-0.2, -0.15) is 5.10 Å². The molecule has 0 aliphatic rings. The molecule has 0 aliphatic heterocycles. The van der Waals surface area contributed by atoms with Gasteiger partial charge in [0.15, 0.2) is 0 Å². The quantitative estimate of drug-likeness (QED) is 0.555. The van der Waals surface area contributed by atoms with Crippen molar-refractivity contribution in [3.05, 3.63) is 71.1 Å². The Morgan fingerprint density at radius 1 is 1.04 bits per heavy atom. The van der Waals surface area contributed by atoms with Crippen LogP contribution in [0, 0.1) is 0 Å². The van der Waals surface area contributed by atoms with Crippen LogP contribution in [0.2, 0.25) is 10.0 Å². The summed E-state index contributed by atoms with van der Waals surface area (Å²) in [7, 11) is -3.83. The van der Waals surface area contributed by atoms with Gasteiger partial charge in [0.25, 0.3) is 10.0 Å². The first-order chi connectivity index (χ1) is 12.0. The van der Waals surface area contributed by atoms with Crippen molar-refractivity contribution in [2.75, 3.05) is 0 Å². The van der Waals surface area contributed by atoms with Crippen LogP contribution >= 0.6 is 23.2 Å². The lowest BCUT2D eigenvalue weighted by molar-refractivity contribution is 0.589. The summed E-state index contributed by atoms with van der Waals surface area (Å²) in [6, 6.07) is 11.6. The zero-order chi connectivity index (χ0) is 17.6. The molecule has 2 aromatic carbocycles. The number of aromatic amines is 1. The van der Waals surface area contributed by atoms with E-state index in [1.54, 1.807) is 48.9 Å².